The van der Waals surface area contributed by atoms with E-state index >= 15 is 0 Å². The molecular formula is C20H18F3NO. The number of rotatable bonds is 5. The van der Waals surface area contributed by atoms with Crippen LogP contribution in [0.5, 0.6) is 0 Å². The van der Waals surface area contributed by atoms with Gasteiger partial charge in [0.25, 0.3) is 0 Å². The second-order valence-electron chi connectivity index (χ2n) is 5.98. The highest BCUT2D eigenvalue weighted by Gasteiger charge is 2.29. The van der Waals surface area contributed by atoms with E-state index in [0.29, 0.717) is 6.54 Å². The molecular weight excluding hydrogens is 327 g/mol. The zero-order valence-corrected chi connectivity index (χ0v) is 13.8. The predicted octanol–water partition coefficient (Wildman–Crippen LogP) is 5.60. The number of hydrogen-bond donors (Lipinski definition) is 0. The fourth-order valence-electron chi connectivity index (χ4n) is 2.66. The van der Waals surface area contributed by atoms with E-state index in [-0.39, 0.29) is 0 Å². The molecule has 0 unspecified atom stereocenters. The third kappa shape index (κ3) is 4.31. The molecule has 25 heavy (non-hydrogen) atoms. The van der Waals surface area contributed by atoms with Crippen LogP contribution in [0, 0.1) is 0 Å². The highest BCUT2D eigenvalue weighted by atomic mass is 19.4. The van der Waals surface area contributed by atoms with E-state index in [4.69, 9.17) is 4.42 Å². The van der Waals surface area contributed by atoms with E-state index in [1.54, 1.807) is 6.26 Å². The van der Waals surface area contributed by atoms with Crippen molar-refractivity contribution in [3.63, 3.8) is 0 Å². The van der Waals surface area contributed by atoms with Gasteiger partial charge < -0.3 is 4.42 Å². The lowest BCUT2D eigenvalue weighted by Crippen LogP contribution is -2.17. The number of nitrogens with zero attached hydrogens (tertiary/aromatic N) is 1. The van der Waals surface area contributed by atoms with Crippen LogP contribution < -0.4 is 0 Å². The first-order valence-electron chi connectivity index (χ1n) is 7.91. The Hall–Kier alpha value is -2.53. The van der Waals surface area contributed by atoms with Crippen molar-refractivity contribution in [2.75, 3.05) is 13.6 Å². The SMILES string of the molecule is CN(CC=Cc1ccc(C(F)(F)F)cc1)Cc1coc2ccccc12. The fraction of sp³-hybridized carbons (Fsp3) is 0.200. The number of benzene rings is 2. The van der Waals surface area contributed by atoms with Gasteiger partial charge in [-0.1, -0.05) is 42.5 Å². The first kappa shape index (κ1) is 17.3. The normalized spacial score (nSPS) is 12.5. The third-order valence-electron chi connectivity index (χ3n) is 3.97. The van der Waals surface area contributed by atoms with Gasteiger partial charge in [0.2, 0.25) is 0 Å². The number of furan rings is 1. The Kier molecular flexibility index (Phi) is 4.95. The summed E-state index contributed by atoms with van der Waals surface area (Å²) in [6.45, 7) is 1.41. The Bertz CT molecular complexity index is 863. The van der Waals surface area contributed by atoms with Gasteiger partial charge in [0.1, 0.15) is 5.58 Å². The average Bonchev–Trinajstić information content (AvgIpc) is 2.98. The fourth-order valence-corrected chi connectivity index (χ4v) is 2.66. The highest BCUT2D eigenvalue weighted by Crippen LogP contribution is 2.29. The molecule has 0 aliphatic heterocycles. The van der Waals surface area contributed by atoms with Crippen LogP contribution in [0.1, 0.15) is 16.7 Å². The minimum atomic E-state index is -4.30. The van der Waals surface area contributed by atoms with Crippen LogP contribution in [-0.2, 0) is 12.7 Å². The summed E-state index contributed by atoms with van der Waals surface area (Å²) in [6, 6.07) is 13.0. The predicted molar refractivity (Wildman–Crippen MR) is 93.0 cm³/mol. The summed E-state index contributed by atoms with van der Waals surface area (Å²) >= 11 is 0. The van der Waals surface area contributed by atoms with Crippen LogP contribution in [0.2, 0.25) is 0 Å². The second kappa shape index (κ2) is 7.15. The molecule has 0 saturated heterocycles. The molecule has 0 saturated carbocycles. The van der Waals surface area contributed by atoms with Crippen LogP contribution in [-0.4, -0.2) is 18.5 Å². The Morgan fingerprint density at radius 2 is 1.76 bits per heavy atom. The van der Waals surface area contributed by atoms with E-state index in [2.05, 4.69) is 4.90 Å². The zero-order valence-electron chi connectivity index (χ0n) is 13.8. The van der Waals surface area contributed by atoms with Gasteiger partial charge in [-0.25, -0.2) is 0 Å². The van der Waals surface area contributed by atoms with Gasteiger partial charge in [0.15, 0.2) is 0 Å². The van der Waals surface area contributed by atoms with Crippen LogP contribution in [0.15, 0.2) is 65.3 Å². The first-order valence-corrected chi connectivity index (χ1v) is 7.91. The molecule has 0 amide bonds. The van der Waals surface area contributed by atoms with Crippen LogP contribution in [0.3, 0.4) is 0 Å². The minimum absolute atomic E-state index is 0.631. The Morgan fingerprint density at radius 3 is 2.48 bits per heavy atom. The molecule has 3 aromatic rings. The summed E-state index contributed by atoms with van der Waals surface area (Å²) in [5, 5.41) is 1.10. The topological polar surface area (TPSA) is 16.4 Å². The maximum atomic E-state index is 12.5. The first-order chi connectivity index (χ1) is 11.9. The monoisotopic (exact) mass is 345 g/mol. The third-order valence-corrected chi connectivity index (χ3v) is 3.97. The molecule has 0 aliphatic rings. The zero-order chi connectivity index (χ0) is 17.9. The molecule has 2 aromatic carbocycles. The molecule has 1 aromatic heterocycles. The Balaban J connectivity index is 1.58. The van der Waals surface area contributed by atoms with Gasteiger partial charge in [-0.2, -0.15) is 13.2 Å². The van der Waals surface area contributed by atoms with Gasteiger partial charge in [0, 0.05) is 24.0 Å². The Morgan fingerprint density at radius 1 is 1.04 bits per heavy atom. The van der Waals surface area contributed by atoms with Crippen molar-refractivity contribution in [2.24, 2.45) is 0 Å². The van der Waals surface area contributed by atoms with E-state index in [1.165, 1.54) is 12.1 Å². The summed E-state index contributed by atoms with van der Waals surface area (Å²) in [5.74, 6) is 0. The van der Waals surface area contributed by atoms with Crippen molar-refractivity contribution < 1.29 is 17.6 Å². The molecule has 3 rings (SSSR count). The summed E-state index contributed by atoms with van der Waals surface area (Å²) in [6.07, 6.45) is 1.23. The summed E-state index contributed by atoms with van der Waals surface area (Å²) in [5.41, 5.74) is 2.09. The standard InChI is InChI=1S/C20H18F3NO/c1-24(13-16-14-25-19-7-3-2-6-18(16)19)12-4-5-15-8-10-17(11-9-15)20(21,22)23/h2-11,14H,12-13H2,1H3. The number of alkyl halides is 3. The van der Waals surface area contributed by atoms with Crippen molar-refractivity contribution in [3.05, 3.63) is 77.6 Å². The van der Waals surface area contributed by atoms with Crippen molar-refractivity contribution >= 4 is 17.0 Å². The maximum absolute atomic E-state index is 12.5. The van der Waals surface area contributed by atoms with Gasteiger partial charge in [-0.05, 0) is 30.8 Å². The van der Waals surface area contributed by atoms with Gasteiger partial charge in [0.05, 0.1) is 11.8 Å². The minimum Gasteiger partial charge on any atom is -0.464 e. The molecule has 0 bridgehead atoms. The van der Waals surface area contributed by atoms with Gasteiger partial charge >= 0.3 is 6.18 Å². The van der Waals surface area contributed by atoms with Crippen molar-refractivity contribution in [2.45, 2.75) is 12.7 Å². The number of halogens is 3. The van der Waals surface area contributed by atoms with E-state index in [9.17, 15) is 13.2 Å². The largest absolute Gasteiger partial charge is 0.464 e. The van der Waals surface area contributed by atoms with Crippen LogP contribution >= 0.6 is 0 Å². The van der Waals surface area contributed by atoms with E-state index < -0.39 is 11.7 Å². The second-order valence-corrected chi connectivity index (χ2v) is 5.98. The summed E-state index contributed by atoms with van der Waals surface area (Å²) < 4.78 is 43.1. The van der Waals surface area contributed by atoms with Crippen molar-refractivity contribution in [3.8, 4) is 0 Å². The Labute approximate surface area is 144 Å². The molecule has 0 fully saturated rings. The molecule has 2 nitrogen and oxygen atoms in total. The average molecular weight is 345 g/mol. The van der Waals surface area contributed by atoms with Crippen molar-refractivity contribution in [1.82, 2.24) is 4.90 Å². The number of hydrogen-bond acceptors (Lipinski definition) is 2. The lowest BCUT2D eigenvalue weighted by molar-refractivity contribution is -0.137. The summed E-state index contributed by atoms with van der Waals surface area (Å²) in [7, 11) is 1.98. The molecule has 0 N–H and O–H groups in total. The number of fused-ring (bicyclic) bond motifs is 1. The van der Waals surface area contributed by atoms with Crippen LogP contribution in [0.4, 0.5) is 13.2 Å². The summed E-state index contributed by atoms with van der Waals surface area (Å²) in [4.78, 5) is 2.11. The molecule has 5 heteroatoms. The van der Waals surface area contributed by atoms with Crippen molar-refractivity contribution in [1.29, 1.82) is 0 Å². The molecule has 0 spiro atoms. The molecule has 0 aliphatic carbocycles. The highest BCUT2D eigenvalue weighted by molar-refractivity contribution is 5.80. The van der Waals surface area contributed by atoms with Crippen LogP contribution in [0.25, 0.3) is 17.0 Å². The lowest BCUT2D eigenvalue weighted by Gasteiger charge is -2.13. The quantitative estimate of drug-likeness (QED) is 0.599. The van der Waals surface area contributed by atoms with E-state index in [1.807, 2.05) is 43.5 Å². The smallest absolute Gasteiger partial charge is 0.416 e. The lowest BCUT2D eigenvalue weighted by atomic mass is 10.1. The maximum Gasteiger partial charge on any atom is 0.416 e. The molecule has 0 atom stereocenters. The number of likely N-dealkylation sites (N-methyl/N-ethyl adjacent to an activating group) is 1. The molecule has 1 heterocycles. The van der Waals surface area contributed by atoms with E-state index in [0.717, 1.165) is 40.8 Å². The molecule has 0 radical (unpaired) electrons. The van der Waals surface area contributed by atoms with Gasteiger partial charge in [-0.15, -0.1) is 0 Å². The van der Waals surface area contributed by atoms with Gasteiger partial charge in [-0.3, -0.25) is 4.90 Å². The number of para-hydroxylation sites is 1. The molecule has 130 valence electrons.